The lowest BCUT2D eigenvalue weighted by molar-refractivity contribution is 0.766. The first-order valence-corrected chi connectivity index (χ1v) is 15.8. The second-order valence-corrected chi connectivity index (χ2v) is 11.6. The molecule has 0 radical (unpaired) electrons. The van der Waals surface area contributed by atoms with Crippen molar-refractivity contribution in [3.63, 3.8) is 0 Å². The van der Waals surface area contributed by atoms with Crippen LogP contribution in [-0.4, -0.2) is 19.6 Å². The lowest BCUT2D eigenvalue weighted by Gasteiger charge is -2.26. The smallest absolute Gasteiger partial charge is 0.113 e. The molecule has 0 saturated heterocycles. The normalized spacial score (nSPS) is 11.4. The van der Waals surface area contributed by atoms with Gasteiger partial charge in [0.25, 0.3) is 0 Å². The molecular formula is C42H29N5. The molecule has 2 aromatic heterocycles. The van der Waals surface area contributed by atoms with Crippen LogP contribution in [0.25, 0.3) is 55.3 Å². The molecule has 2 heterocycles. The third-order valence-electron chi connectivity index (χ3n) is 8.79. The fourth-order valence-corrected chi connectivity index (χ4v) is 6.55. The summed E-state index contributed by atoms with van der Waals surface area (Å²) in [6.45, 7) is 0. The molecule has 0 saturated carbocycles. The summed E-state index contributed by atoms with van der Waals surface area (Å²) < 4.78 is 2.35. The van der Waals surface area contributed by atoms with Gasteiger partial charge in [0, 0.05) is 33.5 Å². The number of fused-ring (bicyclic) bond motifs is 4. The molecule has 222 valence electrons. The highest BCUT2D eigenvalue weighted by atomic mass is 15.5. The molecule has 0 aliphatic heterocycles. The Kier molecular flexibility index (Phi) is 6.39. The van der Waals surface area contributed by atoms with Crippen molar-refractivity contribution in [2.45, 2.75) is 0 Å². The van der Waals surface area contributed by atoms with Gasteiger partial charge in [0.2, 0.25) is 0 Å². The van der Waals surface area contributed by atoms with Crippen molar-refractivity contribution < 1.29 is 0 Å². The molecule has 0 spiro atoms. The standard InChI is InChI=1S/C42H29N5/c1-3-11-30(12-4-1)31-19-21-33(22-20-31)45(34-23-25-35(26-24-34)47-43-39-16-8-9-17-40(39)44-47)36-27-28-42-38(29-36)37-15-7-10-18-41(37)46(42)32-13-5-2-6-14-32/h1-29H. The van der Waals surface area contributed by atoms with Crippen LogP contribution in [0.3, 0.4) is 0 Å². The maximum atomic E-state index is 4.69. The van der Waals surface area contributed by atoms with Gasteiger partial charge in [0.05, 0.1) is 16.7 Å². The summed E-state index contributed by atoms with van der Waals surface area (Å²) >= 11 is 0. The highest BCUT2D eigenvalue weighted by Gasteiger charge is 2.18. The van der Waals surface area contributed by atoms with Crippen LogP contribution in [-0.2, 0) is 0 Å². The number of benzene rings is 7. The first-order valence-electron chi connectivity index (χ1n) is 15.8. The molecule has 0 fully saturated rings. The number of aromatic nitrogens is 4. The third-order valence-corrected chi connectivity index (χ3v) is 8.79. The molecule has 0 aliphatic carbocycles. The van der Waals surface area contributed by atoms with E-state index in [0.717, 1.165) is 39.5 Å². The molecule has 47 heavy (non-hydrogen) atoms. The molecule has 7 aromatic carbocycles. The van der Waals surface area contributed by atoms with Crippen molar-refractivity contribution >= 4 is 49.9 Å². The molecule has 0 amide bonds. The minimum atomic E-state index is 0.875. The van der Waals surface area contributed by atoms with Crippen LogP contribution in [0.15, 0.2) is 176 Å². The van der Waals surface area contributed by atoms with Gasteiger partial charge in [-0.25, -0.2) is 0 Å². The predicted octanol–water partition coefficient (Wildman–Crippen LogP) is 10.7. The van der Waals surface area contributed by atoms with Crippen LogP contribution in [0.1, 0.15) is 0 Å². The molecule has 0 aliphatic rings. The zero-order chi connectivity index (χ0) is 31.2. The molecular weight excluding hydrogens is 574 g/mol. The number of hydrogen-bond donors (Lipinski definition) is 0. The van der Waals surface area contributed by atoms with E-state index < -0.39 is 0 Å². The predicted molar refractivity (Wildman–Crippen MR) is 193 cm³/mol. The summed E-state index contributed by atoms with van der Waals surface area (Å²) in [6.07, 6.45) is 0. The Morgan fingerprint density at radius 2 is 0.915 bits per heavy atom. The Bertz CT molecular complexity index is 2460. The minimum Gasteiger partial charge on any atom is -0.310 e. The topological polar surface area (TPSA) is 38.9 Å². The molecule has 5 heteroatoms. The Hall–Kier alpha value is -6.46. The monoisotopic (exact) mass is 603 g/mol. The summed E-state index contributed by atoms with van der Waals surface area (Å²) in [6, 6.07) is 61.7. The van der Waals surface area contributed by atoms with E-state index in [9.17, 15) is 0 Å². The second-order valence-electron chi connectivity index (χ2n) is 11.6. The van der Waals surface area contributed by atoms with Gasteiger partial charge in [-0.05, 0) is 96.1 Å². The SMILES string of the molecule is c1ccc(-c2ccc(N(c3ccc(-n4nc5ccccc5n4)cc3)c3ccc4c(c3)c3ccccc3n4-c3ccccc3)cc2)cc1. The molecule has 9 aromatic rings. The number of rotatable bonds is 6. The average molecular weight is 604 g/mol. The number of nitrogens with zero attached hydrogens (tertiary/aromatic N) is 5. The maximum Gasteiger partial charge on any atom is 0.113 e. The van der Waals surface area contributed by atoms with E-state index in [1.54, 1.807) is 4.80 Å². The lowest BCUT2D eigenvalue weighted by atomic mass is 10.0. The van der Waals surface area contributed by atoms with Crippen LogP contribution in [0, 0.1) is 0 Å². The fourth-order valence-electron chi connectivity index (χ4n) is 6.55. The van der Waals surface area contributed by atoms with Gasteiger partial charge < -0.3 is 9.47 Å². The zero-order valence-electron chi connectivity index (χ0n) is 25.5. The molecule has 0 bridgehead atoms. The number of anilines is 3. The van der Waals surface area contributed by atoms with E-state index in [1.807, 2.05) is 24.3 Å². The van der Waals surface area contributed by atoms with Gasteiger partial charge in [-0.15, -0.1) is 10.2 Å². The first kappa shape index (κ1) is 26.9. The van der Waals surface area contributed by atoms with Crippen LogP contribution in [0.5, 0.6) is 0 Å². The van der Waals surface area contributed by atoms with Gasteiger partial charge in [0.15, 0.2) is 0 Å². The quantitative estimate of drug-likeness (QED) is 0.190. The van der Waals surface area contributed by atoms with E-state index in [-0.39, 0.29) is 0 Å². The van der Waals surface area contributed by atoms with E-state index in [1.165, 1.54) is 32.9 Å². The Morgan fingerprint density at radius 1 is 0.383 bits per heavy atom. The summed E-state index contributed by atoms with van der Waals surface area (Å²) in [5.74, 6) is 0. The van der Waals surface area contributed by atoms with E-state index in [0.29, 0.717) is 0 Å². The van der Waals surface area contributed by atoms with Gasteiger partial charge in [-0.2, -0.15) is 4.80 Å². The van der Waals surface area contributed by atoms with Crippen molar-refractivity contribution in [2.75, 3.05) is 4.90 Å². The van der Waals surface area contributed by atoms with Gasteiger partial charge in [-0.1, -0.05) is 91.0 Å². The van der Waals surface area contributed by atoms with E-state index in [2.05, 4.69) is 161 Å². The van der Waals surface area contributed by atoms with Gasteiger partial charge in [-0.3, -0.25) is 0 Å². The Morgan fingerprint density at radius 3 is 1.62 bits per heavy atom. The number of hydrogen-bond acceptors (Lipinski definition) is 3. The van der Waals surface area contributed by atoms with Gasteiger partial charge in [0.1, 0.15) is 11.0 Å². The van der Waals surface area contributed by atoms with Crippen molar-refractivity contribution in [2.24, 2.45) is 0 Å². The lowest BCUT2D eigenvalue weighted by Crippen LogP contribution is -2.10. The van der Waals surface area contributed by atoms with Crippen LogP contribution in [0.4, 0.5) is 17.1 Å². The molecule has 0 unspecified atom stereocenters. The van der Waals surface area contributed by atoms with Crippen molar-refractivity contribution in [1.82, 2.24) is 19.6 Å². The van der Waals surface area contributed by atoms with Crippen molar-refractivity contribution in [3.05, 3.63) is 176 Å². The molecule has 0 atom stereocenters. The number of para-hydroxylation sites is 2. The summed E-state index contributed by atoms with van der Waals surface area (Å²) in [7, 11) is 0. The molecule has 9 rings (SSSR count). The summed E-state index contributed by atoms with van der Waals surface area (Å²) in [5, 5.41) is 11.8. The Balaban J connectivity index is 1.19. The fraction of sp³-hybridized carbons (Fsp3) is 0. The van der Waals surface area contributed by atoms with E-state index >= 15 is 0 Å². The van der Waals surface area contributed by atoms with Crippen LogP contribution in [0.2, 0.25) is 0 Å². The highest BCUT2D eigenvalue weighted by Crippen LogP contribution is 2.40. The Labute approximate surface area is 272 Å². The molecule has 5 nitrogen and oxygen atoms in total. The van der Waals surface area contributed by atoms with Crippen molar-refractivity contribution in [3.8, 4) is 22.5 Å². The van der Waals surface area contributed by atoms with Crippen LogP contribution < -0.4 is 4.90 Å². The maximum absolute atomic E-state index is 4.69. The highest BCUT2D eigenvalue weighted by molar-refractivity contribution is 6.10. The minimum absolute atomic E-state index is 0.875. The second kappa shape index (κ2) is 11.2. The van der Waals surface area contributed by atoms with Crippen molar-refractivity contribution in [1.29, 1.82) is 0 Å². The molecule has 0 N–H and O–H groups in total. The van der Waals surface area contributed by atoms with Gasteiger partial charge >= 0.3 is 0 Å². The zero-order valence-corrected chi connectivity index (χ0v) is 25.5. The average Bonchev–Trinajstić information content (AvgIpc) is 3.73. The summed E-state index contributed by atoms with van der Waals surface area (Å²) in [4.78, 5) is 4.03. The van der Waals surface area contributed by atoms with E-state index in [4.69, 9.17) is 10.2 Å². The summed E-state index contributed by atoms with van der Waals surface area (Å²) in [5.41, 5.74) is 11.8. The largest absolute Gasteiger partial charge is 0.310 e. The van der Waals surface area contributed by atoms with Crippen LogP contribution >= 0.6 is 0 Å². The first-order chi connectivity index (χ1) is 23.3. The third kappa shape index (κ3) is 4.73.